The highest BCUT2D eigenvalue weighted by Crippen LogP contribution is 2.31. The van der Waals surface area contributed by atoms with Crippen molar-refractivity contribution in [3.8, 4) is 11.5 Å². The standard InChI is InChI=1S/C15H23NO3S/c1-15(2,3)16-7-10-20(17)12-5-6-13-14(11-12)19-9-4-8-18-13/h5-6,11,16H,4,7-10H2,1-3H3. The predicted octanol–water partition coefficient (Wildman–Crippen LogP) is 2.34. The van der Waals surface area contributed by atoms with E-state index in [1.165, 1.54) is 0 Å². The van der Waals surface area contributed by atoms with Crippen molar-refractivity contribution in [3.05, 3.63) is 18.2 Å². The van der Waals surface area contributed by atoms with Crippen molar-refractivity contribution in [3.63, 3.8) is 0 Å². The van der Waals surface area contributed by atoms with Gasteiger partial charge in [-0.15, -0.1) is 0 Å². The number of hydrogen-bond acceptors (Lipinski definition) is 4. The Kier molecular flexibility index (Phi) is 5.05. The summed E-state index contributed by atoms with van der Waals surface area (Å²) in [6.07, 6.45) is 0.878. The fourth-order valence-electron chi connectivity index (χ4n) is 1.92. The van der Waals surface area contributed by atoms with E-state index < -0.39 is 10.8 Å². The average molecular weight is 297 g/mol. The Morgan fingerprint density at radius 1 is 1.20 bits per heavy atom. The summed E-state index contributed by atoms with van der Waals surface area (Å²) in [7, 11) is -1.02. The first-order chi connectivity index (χ1) is 9.46. The van der Waals surface area contributed by atoms with Gasteiger partial charge in [0.05, 0.1) is 24.0 Å². The highest BCUT2D eigenvalue weighted by atomic mass is 32.2. The summed E-state index contributed by atoms with van der Waals surface area (Å²) in [5.74, 6) is 2.05. The van der Waals surface area contributed by atoms with Crippen LogP contribution in [0.5, 0.6) is 11.5 Å². The lowest BCUT2D eigenvalue weighted by atomic mass is 10.1. The molecule has 0 bridgehead atoms. The number of fused-ring (bicyclic) bond motifs is 1. The largest absolute Gasteiger partial charge is 0.490 e. The van der Waals surface area contributed by atoms with Gasteiger partial charge in [-0.25, -0.2) is 0 Å². The quantitative estimate of drug-likeness (QED) is 0.926. The molecule has 5 heteroatoms. The van der Waals surface area contributed by atoms with E-state index in [0.29, 0.717) is 24.7 Å². The van der Waals surface area contributed by atoms with Crippen LogP contribution in [0.1, 0.15) is 27.2 Å². The van der Waals surface area contributed by atoms with Gasteiger partial charge < -0.3 is 14.8 Å². The van der Waals surface area contributed by atoms with Crippen molar-refractivity contribution in [2.45, 2.75) is 37.6 Å². The minimum Gasteiger partial charge on any atom is -0.490 e. The maximum absolute atomic E-state index is 12.3. The first kappa shape index (κ1) is 15.3. The molecule has 1 aromatic carbocycles. The van der Waals surface area contributed by atoms with Crippen molar-refractivity contribution in [2.24, 2.45) is 0 Å². The van der Waals surface area contributed by atoms with Crippen molar-refractivity contribution < 1.29 is 13.7 Å². The molecule has 1 atom stereocenters. The van der Waals surface area contributed by atoms with E-state index in [1.54, 1.807) is 0 Å². The predicted molar refractivity (Wildman–Crippen MR) is 81.1 cm³/mol. The minimum atomic E-state index is -1.02. The molecule has 0 aromatic heterocycles. The van der Waals surface area contributed by atoms with E-state index in [4.69, 9.17) is 9.47 Å². The molecule has 2 rings (SSSR count). The van der Waals surface area contributed by atoms with Gasteiger partial charge in [-0.3, -0.25) is 4.21 Å². The van der Waals surface area contributed by atoms with E-state index in [2.05, 4.69) is 26.1 Å². The monoisotopic (exact) mass is 297 g/mol. The Bertz CT molecular complexity index is 482. The number of nitrogens with one attached hydrogen (secondary N) is 1. The zero-order chi connectivity index (χ0) is 14.6. The lowest BCUT2D eigenvalue weighted by molar-refractivity contribution is 0.297. The van der Waals surface area contributed by atoms with E-state index in [1.807, 2.05) is 18.2 Å². The van der Waals surface area contributed by atoms with Gasteiger partial charge in [0.2, 0.25) is 0 Å². The highest BCUT2D eigenvalue weighted by Gasteiger charge is 2.14. The molecule has 4 nitrogen and oxygen atoms in total. The van der Waals surface area contributed by atoms with Crippen LogP contribution in [-0.4, -0.2) is 35.3 Å². The Labute approximate surface area is 123 Å². The third kappa shape index (κ3) is 4.49. The van der Waals surface area contributed by atoms with E-state index in [9.17, 15) is 4.21 Å². The van der Waals surface area contributed by atoms with Crippen LogP contribution in [0.3, 0.4) is 0 Å². The Morgan fingerprint density at radius 3 is 2.60 bits per heavy atom. The normalized spacial score (nSPS) is 16.6. The molecule has 0 amide bonds. The molecule has 1 aliphatic heterocycles. The van der Waals surface area contributed by atoms with Crippen LogP contribution in [0.2, 0.25) is 0 Å². The van der Waals surface area contributed by atoms with Crippen LogP contribution in [-0.2, 0) is 10.8 Å². The Hall–Kier alpha value is -1.07. The first-order valence-electron chi connectivity index (χ1n) is 6.99. The Balaban J connectivity index is 1.98. The topological polar surface area (TPSA) is 47.6 Å². The van der Waals surface area contributed by atoms with E-state index in [0.717, 1.165) is 23.6 Å². The highest BCUT2D eigenvalue weighted by molar-refractivity contribution is 7.85. The molecule has 0 saturated carbocycles. The summed E-state index contributed by atoms with van der Waals surface area (Å²) in [6.45, 7) is 8.35. The number of benzene rings is 1. The van der Waals surface area contributed by atoms with Gasteiger partial charge in [-0.1, -0.05) is 0 Å². The lowest BCUT2D eigenvalue weighted by Crippen LogP contribution is -2.38. The van der Waals surface area contributed by atoms with Gasteiger partial charge in [0, 0.05) is 35.2 Å². The number of hydrogen-bond donors (Lipinski definition) is 1. The second-order valence-electron chi connectivity index (χ2n) is 5.89. The summed E-state index contributed by atoms with van der Waals surface area (Å²) >= 11 is 0. The van der Waals surface area contributed by atoms with Gasteiger partial charge in [0.15, 0.2) is 11.5 Å². The molecule has 1 aromatic rings. The van der Waals surface area contributed by atoms with E-state index in [-0.39, 0.29) is 5.54 Å². The van der Waals surface area contributed by atoms with E-state index >= 15 is 0 Å². The van der Waals surface area contributed by atoms with Gasteiger partial charge in [0.1, 0.15) is 0 Å². The number of rotatable bonds is 4. The maximum atomic E-state index is 12.3. The molecular formula is C15H23NO3S. The fourth-order valence-corrected chi connectivity index (χ4v) is 2.90. The smallest absolute Gasteiger partial charge is 0.162 e. The summed E-state index contributed by atoms with van der Waals surface area (Å²) < 4.78 is 23.5. The summed E-state index contributed by atoms with van der Waals surface area (Å²) in [5, 5.41) is 3.35. The molecule has 1 heterocycles. The van der Waals surface area contributed by atoms with Crippen LogP contribution in [0.15, 0.2) is 23.1 Å². The lowest BCUT2D eigenvalue weighted by Gasteiger charge is -2.20. The van der Waals surface area contributed by atoms with Crippen LogP contribution >= 0.6 is 0 Å². The molecule has 20 heavy (non-hydrogen) atoms. The summed E-state index contributed by atoms with van der Waals surface area (Å²) in [6, 6.07) is 5.56. The Morgan fingerprint density at radius 2 is 1.90 bits per heavy atom. The zero-order valence-electron chi connectivity index (χ0n) is 12.4. The average Bonchev–Trinajstić information content (AvgIpc) is 2.61. The molecular weight excluding hydrogens is 274 g/mol. The van der Waals surface area contributed by atoms with Gasteiger partial charge >= 0.3 is 0 Å². The maximum Gasteiger partial charge on any atom is 0.162 e. The molecule has 1 unspecified atom stereocenters. The van der Waals surface area contributed by atoms with Crippen LogP contribution < -0.4 is 14.8 Å². The van der Waals surface area contributed by atoms with Crippen molar-refractivity contribution in [1.82, 2.24) is 5.32 Å². The van der Waals surface area contributed by atoms with Crippen LogP contribution in [0.4, 0.5) is 0 Å². The second-order valence-corrected chi connectivity index (χ2v) is 7.46. The van der Waals surface area contributed by atoms with Gasteiger partial charge in [0.25, 0.3) is 0 Å². The molecule has 0 fully saturated rings. The second kappa shape index (κ2) is 6.59. The molecule has 112 valence electrons. The van der Waals surface area contributed by atoms with Gasteiger partial charge in [-0.05, 0) is 32.9 Å². The molecule has 0 aliphatic carbocycles. The van der Waals surface area contributed by atoms with Gasteiger partial charge in [-0.2, -0.15) is 0 Å². The minimum absolute atomic E-state index is 0.0505. The third-order valence-corrected chi connectivity index (χ3v) is 4.28. The molecule has 0 saturated heterocycles. The molecule has 1 N–H and O–H groups in total. The molecule has 0 radical (unpaired) electrons. The fraction of sp³-hybridized carbons (Fsp3) is 0.600. The summed E-state index contributed by atoms with van der Waals surface area (Å²) in [4.78, 5) is 0.796. The van der Waals surface area contributed by atoms with Crippen molar-refractivity contribution >= 4 is 10.8 Å². The van der Waals surface area contributed by atoms with Crippen molar-refractivity contribution in [2.75, 3.05) is 25.5 Å². The number of ether oxygens (including phenoxy) is 2. The molecule has 1 aliphatic rings. The van der Waals surface area contributed by atoms with Crippen LogP contribution in [0.25, 0.3) is 0 Å². The van der Waals surface area contributed by atoms with Crippen LogP contribution in [0, 0.1) is 0 Å². The summed E-state index contributed by atoms with van der Waals surface area (Å²) in [5.41, 5.74) is 0.0505. The van der Waals surface area contributed by atoms with Crippen molar-refractivity contribution in [1.29, 1.82) is 0 Å². The SMILES string of the molecule is CC(C)(C)NCCS(=O)c1ccc2c(c1)OCCCO2. The zero-order valence-corrected chi connectivity index (χ0v) is 13.2. The molecule has 0 spiro atoms. The first-order valence-corrected chi connectivity index (χ1v) is 8.31. The third-order valence-electron chi connectivity index (χ3n) is 2.92.